The number of nitrogens with one attached hydrogen (secondary N) is 1. The molecule has 0 saturated heterocycles. The van der Waals surface area contributed by atoms with Crippen molar-refractivity contribution in [2.75, 3.05) is 30.7 Å². The van der Waals surface area contributed by atoms with Gasteiger partial charge < -0.3 is 35.5 Å². The summed E-state index contributed by atoms with van der Waals surface area (Å²) in [4.78, 5) is 37.9. The van der Waals surface area contributed by atoms with Crippen LogP contribution in [-0.4, -0.2) is 55.1 Å². The number of nitrogen functional groups attached to an aromatic ring is 1. The number of aromatic nitrogens is 1. The van der Waals surface area contributed by atoms with Crippen molar-refractivity contribution in [1.29, 1.82) is 0 Å². The Kier molecular flexibility index (Phi) is 11.1. The molecule has 1 heterocycles. The van der Waals surface area contributed by atoms with E-state index >= 15 is 0 Å². The minimum atomic E-state index is -5.05. The lowest BCUT2D eigenvalue weighted by Crippen LogP contribution is -2.25. The Morgan fingerprint density at radius 3 is 2.26 bits per heavy atom. The lowest BCUT2D eigenvalue weighted by Gasteiger charge is -2.20. The maximum Gasteiger partial charge on any atom is 0.478 e. The zero-order valence-corrected chi connectivity index (χ0v) is 19.7. The van der Waals surface area contributed by atoms with E-state index in [-0.39, 0.29) is 0 Å². The van der Waals surface area contributed by atoms with Gasteiger partial charge in [-0.05, 0) is 63.7 Å². The van der Waals surface area contributed by atoms with Gasteiger partial charge in [0.05, 0.1) is 5.52 Å². The number of hydrogen-bond donors (Lipinski definition) is 6. The van der Waals surface area contributed by atoms with Crippen LogP contribution in [0.1, 0.15) is 33.6 Å². The molecule has 0 spiro atoms. The van der Waals surface area contributed by atoms with Crippen LogP contribution in [0, 0.1) is 0 Å². The van der Waals surface area contributed by atoms with E-state index < -0.39 is 15.6 Å². The minimum Gasteiger partial charge on any atom is -0.399 e. The van der Waals surface area contributed by atoms with Crippen molar-refractivity contribution in [3.63, 3.8) is 0 Å². The quantitative estimate of drug-likeness (QED) is 0.218. The standard InChI is InChI=1S/C18H28N4.H4O7P2/c1-4-22(5-2)12-6-7-14(3)21-18-10-11-20-17-9-8-15(19)13-16(17)18;1-8(2,3)7-9(4,5)6/h8-11,13-14H,4-7,12,19H2,1-3H3,(H,20,21);(H2,1,2,3)(H2,4,5,6). The molecule has 0 bridgehead atoms. The Labute approximate surface area is 182 Å². The van der Waals surface area contributed by atoms with Crippen molar-refractivity contribution in [2.24, 2.45) is 0 Å². The van der Waals surface area contributed by atoms with E-state index in [0.29, 0.717) is 6.04 Å². The van der Waals surface area contributed by atoms with Crippen LogP contribution in [0.15, 0.2) is 30.5 Å². The van der Waals surface area contributed by atoms with Crippen LogP contribution in [0.3, 0.4) is 0 Å². The van der Waals surface area contributed by atoms with Gasteiger partial charge in [-0.3, -0.25) is 4.98 Å². The number of nitrogens with two attached hydrogens (primary N) is 1. The molecule has 1 aromatic carbocycles. The van der Waals surface area contributed by atoms with E-state index in [4.69, 9.17) is 25.3 Å². The van der Waals surface area contributed by atoms with Crippen LogP contribution in [0.25, 0.3) is 10.9 Å². The lowest BCUT2D eigenvalue weighted by atomic mass is 10.1. The van der Waals surface area contributed by atoms with Crippen LogP contribution in [0.5, 0.6) is 0 Å². The Morgan fingerprint density at radius 1 is 1.13 bits per heavy atom. The highest BCUT2D eigenvalue weighted by atomic mass is 31.3. The van der Waals surface area contributed by atoms with Gasteiger partial charge in [0.2, 0.25) is 0 Å². The Bertz CT molecular complexity index is 895. The first-order valence-electron chi connectivity index (χ1n) is 9.80. The van der Waals surface area contributed by atoms with Crippen molar-refractivity contribution >= 4 is 37.9 Å². The third kappa shape index (κ3) is 11.6. The number of anilines is 2. The first-order chi connectivity index (χ1) is 14.3. The zero-order chi connectivity index (χ0) is 23.7. The molecule has 11 nitrogen and oxygen atoms in total. The first kappa shape index (κ1) is 27.5. The van der Waals surface area contributed by atoms with Gasteiger partial charge in [-0.25, -0.2) is 9.13 Å². The van der Waals surface area contributed by atoms with Crippen LogP contribution in [0.4, 0.5) is 11.4 Å². The van der Waals surface area contributed by atoms with Gasteiger partial charge in [0.1, 0.15) is 0 Å². The number of pyridine rings is 1. The zero-order valence-electron chi connectivity index (χ0n) is 17.9. The highest BCUT2D eigenvalue weighted by molar-refractivity contribution is 7.60. The summed E-state index contributed by atoms with van der Waals surface area (Å²) in [5.74, 6) is 0. The second kappa shape index (κ2) is 12.5. The largest absolute Gasteiger partial charge is 0.478 e. The van der Waals surface area contributed by atoms with E-state index in [9.17, 15) is 9.13 Å². The molecule has 2 aromatic rings. The second-order valence-corrected chi connectivity index (χ2v) is 9.53. The summed E-state index contributed by atoms with van der Waals surface area (Å²) in [6.07, 6.45) is 4.22. The molecule has 0 fully saturated rings. The number of rotatable bonds is 10. The number of benzene rings is 1. The smallest absolute Gasteiger partial charge is 0.399 e. The fourth-order valence-electron chi connectivity index (χ4n) is 2.93. The lowest BCUT2D eigenvalue weighted by molar-refractivity contribution is 0.225. The van der Waals surface area contributed by atoms with Gasteiger partial charge in [-0.1, -0.05) is 13.8 Å². The summed E-state index contributed by atoms with van der Waals surface area (Å²) in [7, 11) is -10.1. The number of nitrogens with zero attached hydrogens (tertiary/aromatic N) is 2. The minimum absolute atomic E-state index is 0.433. The van der Waals surface area contributed by atoms with E-state index in [1.165, 1.54) is 13.0 Å². The van der Waals surface area contributed by atoms with Crippen molar-refractivity contribution in [2.45, 2.75) is 39.7 Å². The van der Waals surface area contributed by atoms with Crippen molar-refractivity contribution in [3.8, 4) is 0 Å². The van der Waals surface area contributed by atoms with E-state index in [1.807, 2.05) is 30.5 Å². The van der Waals surface area contributed by atoms with Crippen LogP contribution < -0.4 is 11.1 Å². The molecule has 7 N–H and O–H groups in total. The average molecular weight is 478 g/mol. The molecule has 1 atom stereocenters. The van der Waals surface area contributed by atoms with E-state index in [0.717, 1.165) is 41.8 Å². The summed E-state index contributed by atoms with van der Waals surface area (Å²) in [5.41, 5.74) is 8.78. The predicted molar refractivity (Wildman–Crippen MR) is 121 cm³/mol. The van der Waals surface area contributed by atoms with Crippen molar-refractivity contribution < 1.29 is 33.0 Å². The molecule has 2 rings (SSSR count). The Hall–Kier alpha value is -1.55. The monoisotopic (exact) mass is 478 g/mol. The molecule has 0 radical (unpaired) electrons. The molecule has 0 amide bonds. The molecule has 13 heteroatoms. The summed E-state index contributed by atoms with van der Waals surface area (Å²) < 4.78 is 22.2. The molecule has 176 valence electrons. The van der Waals surface area contributed by atoms with Gasteiger partial charge in [-0.15, -0.1) is 0 Å². The average Bonchev–Trinajstić information content (AvgIpc) is 2.63. The molecular formula is C18H32N4O7P2. The Morgan fingerprint density at radius 2 is 1.74 bits per heavy atom. The van der Waals surface area contributed by atoms with Gasteiger partial charge >= 0.3 is 15.6 Å². The fraction of sp³-hybridized carbons (Fsp3) is 0.500. The Balaban J connectivity index is 0.000000452. The van der Waals surface area contributed by atoms with Gasteiger partial charge in [-0.2, -0.15) is 4.31 Å². The molecule has 1 unspecified atom stereocenters. The molecule has 0 aliphatic heterocycles. The van der Waals surface area contributed by atoms with Crippen LogP contribution in [-0.2, 0) is 13.4 Å². The predicted octanol–water partition coefficient (Wildman–Crippen LogP) is 2.93. The fourth-order valence-corrected chi connectivity index (χ4v) is 4.04. The highest BCUT2D eigenvalue weighted by Crippen LogP contribution is 2.53. The maximum absolute atomic E-state index is 9.63. The third-order valence-corrected chi connectivity index (χ3v) is 6.09. The third-order valence-electron chi connectivity index (χ3n) is 4.39. The summed E-state index contributed by atoms with van der Waals surface area (Å²) in [6.45, 7) is 10.1. The molecular weight excluding hydrogens is 446 g/mol. The van der Waals surface area contributed by atoms with E-state index in [1.54, 1.807) is 0 Å². The summed E-state index contributed by atoms with van der Waals surface area (Å²) in [5, 5.41) is 4.70. The van der Waals surface area contributed by atoms with Crippen LogP contribution in [0.2, 0.25) is 0 Å². The first-order valence-corrected chi connectivity index (χ1v) is 12.9. The number of hydrogen-bond acceptors (Lipinski definition) is 7. The molecule has 31 heavy (non-hydrogen) atoms. The van der Waals surface area contributed by atoms with Gasteiger partial charge in [0.15, 0.2) is 0 Å². The maximum atomic E-state index is 9.63. The summed E-state index contributed by atoms with van der Waals surface area (Å²) >= 11 is 0. The second-order valence-electron chi connectivity index (χ2n) is 6.91. The van der Waals surface area contributed by atoms with E-state index in [2.05, 4.69) is 40.3 Å². The molecule has 0 saturated carbocycles. The SMILES string of the molecule is CCN(CC)CCCC(C)Nc1ccnc2ccc(N)cc12.O=P(O)(O)OP(=O)(O)O. The number of phosphoric acid groups is 2. The van der Waals surface area contributed by atoms with Crippen molar-refractivity contribution in [1.82, 2.24) is 9.88 Å². The van der Waals surface area contributed by atoms with Crippen molar-refractivity contribution in [3.05, 3.63) is 30.5 Å². The van der Waals surface area contributed by atoms with Gasteiger partial charge in [0.25, 0.3) is 0 Å². The molecule has 0 aliphatic rings. The highest BCUT2D eigenvalue weighted by Gasteiger charge is 2.27. The number of fused-ring (bicyclic) bond motifs is 1. The molecule has 0 aliphatic carbocycles. The van der Waals surface area contributed by atoms with Gasteiger partial charge in [0, 0.05) is 29.0 Å². The normalized spacial score (nSPS) is 13.0. The topological polar surface area (TPSA) is 178 Å². The summed E-state index contributed by atoms with van der Waals surface area (Å²) in [6, 6.07) is 8.33. The molecule has 1 aromatic heterocycles. The van der Waals surface area contributed by atoms with Crippen LogP contribution >= 0.6 is 15.6 Å².